The summed E-state index contributed by atoms with van der Waals surface area (Å²) in [4.78, 5) is 8.17. The second kappa shape index (κ2) is 3.23. The Kier molecular flexibility index (Phi) is 1.92. The average molecular weight is 172 g/mol. The first-order valence-corrected chi connectivity index (χ1v) is 3.93. The van der Waals surface area contributed by atoms with Gasteiger partial charge in [-0.2, -0.15) is 0 Å². The Morgan fingerprint density at radius 2 is 1.54 bits per heavy atom. The molecule has 3 nitrogen and oxygen atoms in total. The van der Waals surface area contributed by atoms with E-state index in [4.69, 9.17) is 5.11 Å². The zero-order valence-corrected chi connectivity index (χ0v) is 6.88. The number of phenolic OH excluding ortho intramolecular Hbond substituents is 1. The van der Waals surface area contributed by atoms with E-state index in [-0.39, 0.29) is 5.75 Å². The van der Waals surface area contributed by atoms with Gasteiger partial charge >= 0.3 is 0 Å². The van der Waals surface area contributed by atoms with Crippen molar-refractivity contribution < 1.29 is 5.11 Å². The van der Waals surface area contributed by atoms with Crippen LogP contribution in [0.25, 0.3) is 11.4 Å². The molecule has 0 amide bonds. The fourth-order valence-electron chi connectivity index (χ4n) is 1.06. The molecule has 1 N–H and O–H groups in total. The lowest BCUT2D eigenvalue weighted by molar-refractivity contribution is 0.475. The normalized spacial score (nSPS) is 9.85. The van der Waals surface area contributed by atoms with Crippen molar-refractivity contribution in [1.29, 1.82) is 0 Å². The fraction of sp³-hybridized carbons (Fsp3) is 0. The van der Waals surface area contributed by atoms with Gasteiger partial charge in [0, 0.05) is 18.0 Å². The minimum Gasteiger partial charge on any atom is -0.508 e. The van der Waals surface area contributed by atoms with Crippen molar-refractivity contribution in [3.8, 4) is 17.1 Å². The summed E-state index contributed by atoms with van der Waals surface area (Å²) in [6.07, 6.45) is 3.38. The van der Waals surface area contributed by atoms with E-state index in [0.29, 0.717) is 5.82 Å². The number of aromatic nitrogens is 2. The van der Waals surface area contributed by atoms with Crippen LogP contribution in [0.15, 0.2) is 42.7 Å². The summed E-state index contributed by atoms with van der Waals surface area (Å²) in [5.74, 6) is 0.919. The third-order valence-electron chi connectivity index (χ3n) is 1.69. The number of nitrogens with zero attached hydrogens (tertiary/aromatic N) is 2. The summed E-state index contributed by atoms with van der Waals surface area (Å²) in [7, 11) is 0. The third-order valence-corrected chi connectivity index (χ3v) is 1.69. The predicted octanol–water partition coefficient (Wildman–Crippen LogP) is 1.85. The summed E-state index contributed by atoms with van der Waals surface area (Å²) in [6, 6.07) is 8.57. The Balaban J connectivity index is 2.42. The van der Waals surface area contributed by atoms with Crippen LogP contribution >= 0.6 is 0 Å². The van der Waals surface area contributed by atoms with Crippen molar-refractivity contribution in [2.75, 3.05) is 0 Å². The second-order valence-corrected chi connectivity index (χ2v) is 2.62. The molecule has 1 aromatic carbocycles. The first kappa shape index (κ1) is 7.73. The van der Waals surface area contributed by atoms with E-state index < -0.39 is 0 Å². The Morgan fingerprint density at radius 1 is 0.923 bits per heavy atom. The van der Waals surface area contributed by atoms with Gasteiger partial charge in [0.25, 0.3) is 0 Å². The first-order chi connectivity index (χ1) is 6.36. The van der Waals surface area contributed by atoms with Gasteiger partial charge in [-0.1, -0.05) is 0 Å². The molecule has 0 saturated heterocycles. The molecule has 0 radical (unpaired) electrons. The lowest BCUT2D eigenvalue weighted by Gasteiger charge is -1.98. The highest BCUT2D eigenvalue weighted by atomic mass is 16.3. The van der Waals surface area contributed by atoms with Crippen LogP contribution in [0.1, 0.15) is 0 Å². The minimum absolute atomic E-state index is 0.250. The molecule has 0 aliphatic rings. The molecule has 0 aliphatic carbocycles. The Morgan fingerprint density at radius 3 is 2.15 bits per heavy atom. The monoisotopic (exact) mass is 172 g/mol. The quantitative estimate of drug-likeness (QED) is 0.714. The van der Waals surface area contributed by atoms with Crippen LogP contribution in [-0.2, 0) is 0 Å². The molecule has 0 unspecified atom stereocenters. The van der Waals surface area contributed by atoms with Crippen LogP contribution < -0.4 is 0 Å². The SMILES string of the molecule is Oc1ccc(-c2ncccn2)cc1. The van der Waals surface area contributed by atoms with E-state index in [1.165, 1.54) is 0 Å². The summed E-state index contributed by atoms with van der Waals surface area (Å²) < 4.78 is 0. The Hall–Kier alpha value is -1.90. The van der Waals surface area contributed by atoms with E-state index in [0.717, 1.165) is 5.56 Å². The van der Waals surface area contributed by atoms with E-state index >= 15 is 0 Å². The average Bonchev–Trinajstić information content (AvgIpc) is 2.20. The van der Waals surface area contributed by atoms with Gasteiger partial charge in [-0.3, -0.25) is 0 Å². The van der Waals surface area contributed by atoms with Crippen molar-refractivity contribution in [3.63, 3.8) is 0 Å². The molecule has 0 aliphatic heterocycles. The van der Waals surface area contributed by atoms with Crippen LogP contribution in [0.2, 0.25) is 0 Å². The van der Waals surface area contributed by atoms with E-state index in [2.05, 4.69) is 9.97 Å². The summed E-state index contributed by atoms with van der Waals surface area (Å²) >= 11 is 0. The van der Waals surface area contributed by atoms with Crippen molar-refractivity contribution in [2.45, 2.75) is 0 Å². The molecule has 0 saturated carbocycles. The van der Waals surface area contributed by atoms with Gasteiger partial charge < -0.3 is 5.11 Å². The van der Waals surface area contributed by atoms with Crippen molar-refractivity contribution in [1.82, 2.24) is 9.97 Å². The Bertz CT molecular complexity index is 383. The molecule has 1 aromatic heterocycles. The van der Waals surface area contributed by atoms with Gasteiger partial charge in [-0.15, -0.1) is 0 Å². The summed E-state index contributed by atoms with van der Waals surface area (Å²) in [5, 5.41) is 9.06. The number of rotatable bonds is 1. The molecule has 2 rings (SSSR count). The van der Waals surface area contributed by atoms with E-state index in [1.807, 2.05) is 0 Å². The molecule has 13 heavy (non-hydrogen) atoms. The number of phenols is 1. The maximum Gasteiger partial charge on any atom is 0.159 e. The van der Waals surface area contributed by atoms with Gasteiger partial charge in [0.15, 0.2) is 5.82 Å². The maximum absolute atomic E-state index is 9.06. The largest absolute Gasteiger partial charge is 0.508 e. The first-order valence-electron chi connectivity index (χ1n) is 3.93. The molecule has 0 atom stereocenters. The second-order valence-electron chi connectivity index (χ2n) is 2.62. The summed E-state index contributed by atoms with van der Waals surface area (Å²) in [5.41, 5.74) is 0.901. The molecule has 1 heterocycles. The van der Waals surface area contributed by atoms with E-state index in [1.54, 1.807) is 42.7 Å². The molecule has 64 valence electrons. The highest BCUT2D eigenvalue weighted by Crippen LogP contribution is 2.17. The number of aromatic hydroxyl groups is 1. The lowest BCUT2D eigenvalue weighted by atomic mass is 10.2. The van der Waals surface area contributed by atoms with Crippen LogP contribution in [0.3, 0.4) is 0 Å². The van der Waals surface area contributed by atoms with Crippen molar-refractivity contribution in [3.05, 3.63) is 42.7 Å². The van der Waals surface area contributed by atoms with Gasteiger partial charge in [0.1, 0.15) is 5.75 Å². The molecule has 0 spiro atoms. The van der Waals surface area contributed by atoms with Crippen molar-refractivity contribution >= 4 is 0 Å². The fourth-order valence-corrected chi connectivity index (χ4v) is 1.06. The number of hydrogen-bond acceptors (Lipinski definition) is 3. The smallest absolute Gasteiger partial charge is 0.159 e. The summed E-state index contributed by atoms with van der Waals surface area (Å²) in [6.45, 7) is 0. The van der Waals surface area contributed by atoms with Gasteiger partial charge in [-0.25, -0.2) is 9.97 Å². The minimum atomic E-state index is 0.250. The highest BCUT2D eigenvalue weighted by Gasteiger charge is 1.97. The molecule has 2 aromatic rings. The van der Waals surface area contributed by atoms with Gasteiger partial charge in [0.05, 0.1) is 0 Å². The zero-order chi connectivity index (χ0) is 9.10. The molecular formula is C10H8N2O. The van der Waals surface area contributed by atoms with Crippen LogP contribution in [-0.4, -0.2) is 15.1 Å². The topological polar surface area (TPSA) is 46.0 Å². The molecular weight excluding hydrogens is 164 g/mol. The highest BCUT2D eigenvalue weighted by molar-refractivity contribution is 5.55. The number of benzene rings is 1. The van der Waals surface area contributed by atoms with Crippen LogP contribution in [0, 0.1) is 0 Å². The standard InChI is InChI=1S/C10H8N2O/c13-9-4-2-8(3-5-9)10-11-6-1-7-12-10/h1-7,13H. The molecule has 0 bridgehead atoms. The molecule has 3 heteroatoms. The number of hydrogen-bond donors (Lipinski definition) is 1. The third kappa shape index (κ3) is 1.64. The lowest BCUT2D eigenvalue weighted by Crippen LogP contribution is -1.85. The molecule has 0 fully saturated rings. The van der Waals surface area contributed by atoms with Crippen molar-refractivity contribution in [2.24, 2.45) is 0 Å². The van der Waals surface area contributed by atoms with Crippen LogP contribution in [0.4, 0.5) is 0 Å². The zero-order valence-electron chi connectivity index (χ0n) is 6.88. The van der Waals surface area contributed by atoms with Gasteiger partial charge in [-0.05, 0) is 30.3 Å². The van der Waals surface area contributed by atoms with Gasteiger partial charge in [0.2, 0.25) is 0 Å². The predicted molar refractivity (Wildman–Crippen MR) is 49.1 cm³/mol. The Labute approximate surface area is 75.7 Å². The maximum atomic E-state index is 9.06. The van der Waals surface area contributed by atoms with Crippen LogP contribution in [0.5, 0.6) is 5.75 Å². The van der Waals surface area contributed by atoms with E-state index in [9.17, 15) is 0 Å².